The summed E-state index contributed by atoms with van der Waals surface area (Å²) in [6.45, 7) is 9.21. The summed E-state index contributed by atoms with van der Waals surface area (Å²) in [4.78, 5) is 163. The number of nitrogens with two attached hydrogens (primary N) is 3. The lowest BCUT2D eigenvalue weighted by atomic mass is 9.99. The molecule has 0 saturated carbocycles. The molecule has 452 valence electrons. The van der Waals surface area contributed by atoms with Crippen molar-refractivity contribution in [1.29, 1.82) is 0 Å². The number of nitrogens with zero attached hydrogens (tertiary/aromatic N) is 1. The molecule has 0 aromatic heterocycles. The maximum atomic E-state index is 14.5. The molecule has 2 aromatic rings. The van der Waals surface area contributed by atoms with Gasteiger partial charge >= 0.3 is 17.9 Å². The van der Waals surface area contributed by atoms with E-state index in [1.54, 1.807) is 88.4 Å². The van der Waals surface area contributed by atoms with Crippen LogP contribution in [0.3, 0.4) is 0 Å². The average Bonchev–Trinajstić information content (AvgIpc) is 3.47. The van der Waals surface area contributed by atoms with Crippen LogP contribution < -0.4 is 65.1 Å². The fourth-order valence-electron chi connectivity index (χ4n) is 8.06. The predicted molar refractivity (Wildman–Crippen MR) is 298 cm³/mol. The maximum Gasteiger partial charge on any atom is 0.326 e. The predicted octanol–water partition coefficient (Wildman–Crippen LogP) is -2.21. The van der Waals surface area contributed by atoms with Crippen LogP contribution in [0, 0.1) is 11.8 Å². The molecule has 2 rings (SSSR count). The van der Waals surface area contributed by atoms with Gasteiger partial charge < -0.3 is 80.4 Å². The summed E-state index contributed by atoms with van der Waals surface area (Å²) in [5.74, 6) is -12.8. The highest BCUT2D eigenvalue weighted by atomic mass is 16.4. The van der Waals surface area contributed by atoms with Crippen molar-refractivity contribution in [2.75, 3.05) is 13.1 Å². The number of aliphatic carboxylic acids is 3. The average molecular weight is 1150 g/mol. The minimum atomic E-state index is -1.70. The van der Waals surface area contributed by atoms with Gasteiger partial charge in [-0.05, 0) is 75.3 Å². The van der Waals surface area contributed by atoms with E-state index in [1.165, 1.54) is 13.8 Å². The molecule has 28 nitrogen and oxygen atoms in total. The van der Waals surface area contributed by atoms with Gasteiger partial charge in [0.1, 0.15) is 54.4 Å². The third kappa shape index (κ3) is 27.0. The molecule has 82 heavy (non-hydrogen) atoms. The second-order valence-electron chi connectivity index (χ2n) is 20.4. The molecule has 0 bridgehead atoms. The van der Waals surface area contributed by atoms with Gasteiger partial charge in [0.2, 0.25) is 53.2 Å². The number of benzene rings is 2. The SMILES string of the molecule is CC(C)C[C@H](NC(=O)[C@H](C)NC(=O)[C@H](CCC(=O)O)NC(=O)[C@H](Cc1ccccc1)NC(=O)[C@H](CCC(=O)O)NC(=O)[C@H](CC(C)C)NC(=O)[C@H](Cc1ccccc1)NC(=O)[C@H](CCCN=C(N)N)NC(=O)[C@H](C)NC(=O)CN)C(=O)O. The van der Waals surface area contributed by atoms with Gasteiger partial charge in [0.25, 0.3) is 0 Å². The molecule has 0 aliphatic heterocycles. The first kappa shape index (κ1) is 69.4. The molecule has 28 heteroatoms. The highest BCUT2D eigenvalue weighted by molar-refractivity contribution is 5.98. The van der Waals surface area contributed by atoms with Gasteiger partial charge in [0.05, 0.1) is 6.54 Å². The molecule has 9 atom stereocenters. The van der Waals surface area contributed by atoms with Crippen molar-refractivity contribution in [2.45, 2.75) is 160 Å². The summed E-state index contributed by atoms with van der Waals surface area (Å²) in [5, 5.41) is 51.4. The Morgan fingerprint density at radius 1 is 0.439 bits per heavy atom. The second kappa shape index (κ2) is 35.8. The summed E-state index contributed by atoms with van der Waals surface area (Å²) in [6, 6.07) is 3.71. The van der Waals surface area contributed by atoms with E-state index >= 15 is 0 Å². The summed E-state index contributed by atoms with van der Waals surface area (Å²) >= 11 is 0. The Morgan fingerprint density at radius 2 is 0.780 bits per heavy atom. The topological polar surface area (TPSA) is 464 Å². The number of carboxylic acid groups (broad SMARTS) is 3. The number of rotatable bonds is 37. The third-order valence-electron chi connectivity index (χ3n) is 12.3. The van der Waals surface area contributed by atoms with E-state index in [2.05, 4.69) is 52.8 Å². The molecular weight excluding hydrogens is 1070 g/mol. The van der Waals surface area contributed by atoms with Crippen LogP contribution >= 0.6 is 0 Å². The molecule has 18 N–H and O–H groups in total. The zero-order valence-electron chi connectivity index (χ0n) is 47.0. The van der Waals surface area contributed by atoms with Crippen LogP contribution in [0.25, 0.3) is 0 Å². The summed E-state index contributed by atoms with van der Waals surface area (Å²) < 4.78 is 0. The number of guanidine groups is 1. The van der Waals surface area contributed by atoms with Crippen LogP contribution in [-0.2, 0) is 70.4 Å². The minimum absolute atomic E-state index is 0.0473. The Balaban J connectivity index is 2.54. The molecular formula is C54H81N13O15. The number of hydrogen-bond acceptors (Lipinski definition) is 14. The van der Waals surface area contributed by atoms with Crippen LogP contribution in [0.5, 0.6) is 0 Å². The van der Waals surface area contributed by atoms with E-state index in [4.69, 9.17) is 17.2 Å². The molecule has 0 radical (unpaired) electrons. The minimum Gasteiger partial charge on any atom is -0.481 e. The first-order chi connectivity index (χ1) is 38.6. The number of carbonyl (C=O) groups excluding carboxylic acids is 9. The van der Waals surface area contributed by atoms with E-state index in [0.29, 0.717) is 11.1 Å². The number of carbonyl (C=O) groups is 12. The Labute approximate surface area is 475 Å². The Morgan fingerprint density at radius 3 is 1.18 bits per heavy atom. The van der Waals surface area contributed by atoms with E-state index in [-0.39, 0.29) is 62.9 Å². The lowest BCUT2D eigenvalue weighted by Crippen LogP contribution is -2.61. The monoisotopic (exact) mass is 1150 g/mol. The smallest absolute Gasteiger partial charge is 0.326 e. The lowest BCUT2D eigenvalue weighted by molar-refractivity contribution is -0.142. The van der Waals surface area contributed by atoms with Crippen LogP contribution in [0.4, 0.5) is 0 Å². The maximum absolute atomic E-state index is 14.5. The van der Waals surface area contributed by atoms with Gasteiger partial charge in [-0.2, -0.15) is 0 Å². The van der Waals surface area contributed by atoms with Crippen LogP contribution in [0.1, 0.15) is 104 Å². The Kier molecular flexibility index (Phi) is 30.3. The fraction of sp³-hybridized carbons (Fsp3) is 0.537. The van der Waals surface area contributed by atoms with Crippen LogP contribution in [0.2, 0.25) is 0 Å². The first-order valence-electron chi connectivity index (χ1n) is 26.8. The van der Waals surface area contributed by atoms with Crippen molar-refractivity contribution in [3.63, 3.8) is 0 Å². The summed E-state index contributed by atoms with van der Waals surface area (Å²) in [6.07, 6.45) is -2.67. The fourth-order valence-corrected chi connectivity index (χ4v) is 8.06. The van der Waals surface area contributed by atoms with E-state index in [9.17, 15) is 72.9 Å². The quantitative estimate of drug-likeness (QED) is 0.0194. The number of amides is 9. The van der Waals surface area contributed by atoms with Gasteiger partial charge in [-0.1, -0.05) is 88.4 Å². The molecule has 9 amide bonds. The molecule has 0 heterocycles. The van der Waals surface area contributed by atoms with Crippen LogP contribution in [0.15, 0.2) is 65.7 Å². The molecule has 0 aliphatic rings. The van der Waals surface area contributed by atoms with Crippen molar-refractivity contribution in [1.82, 2.24) is 47.9 Å². The Bertz CT molecular complexity index is 2530. The van der Waals surface area contributed by atoms with E-state index in [0.717, 1.165) is 0 Å². The van der Waals surface area contributed by atoms with Gasteiger partial charge in [0, 0.05) is 32.2 Å². The Hall–Kier alpha value is -8.69. The number of carboxylic acids is 3. The van der Waals surface area contributed by atoms with Gasteiger partial charge in [-0.3, -0.25) is 57.7 Å². The molecule has 0 spiro atoms. The zero-order chi connectivity index (χ0) is 61.6. The van der Waals surface area contributed by atoms with Crippen molar-refractivity contribution in [3.05, 3.63) is 71.8 Å². The van der Waals surface area contributed by atoms with E-state index in [1.807, 2.05) is 0 Å². The van der Waals surface area contributed by atoms with Crippen LogP contribution in [-0.4, -0.2) is 160 Å². The summed E-state index contributed by atoms with van der Waals surface area (Å²) in [7, 11) is 0. The largest absolute Gasteiger partial charge is 0.481 e. The summed E-state index contributed by atoms with van der Waals surface area (Å²) in [5.41, 5.74) is 17.4. The number of hydrogen-bond donors (Lipinski definition) is 15. The highest BCUT2D eigenvalue weighted by Crippen LogP contribution is 2.13. The highest BCUT2D eigenvalue weighted by Gasteiger charge is 2.36. The normalized spacial score (nSPS) is 14.3. The van der Waals surface area contributed by atoms with Gasteiger partial charge in [-0.25, -0.2) is 4.79 Å². The molecule has 0 saturated heterocycles. The van der Waals surface area contributed by atoms with Crippen molar-refractivity contribution >= 4 is 77.0 Å². The molecule has 0 fully saturated rings. The molecule has 0 unspecified atom stereocenters. The first-order valence-corrected chi connectivity index (χ1v) is 26.8. The number of nitrogens with one attached hydrogen (secondary N) is 9. The zero-order valence-corrected chi connectivity index (χ0v) is 47.0. The lowest BCUT2D eigenvalue weighted by Gasteiger charge is -2.28. The van der Waals surface area contributed by atoms with Gasteiger partial charge in [0.15, 0.2) is 5.96 Å². The van der Waals surface area contributed by atoms with Gasteiger partial charge in [-0.15, -0.1) is 0 Å². The third-order valence-corrected chi connectivity index (χ3v) is 12.3. The van der Waals surface area contributed by atoms with E-state index < -0.39 is 158 Å². The molecule has 2 aromatic carbocycles. The molecule has 0 aliphatic carbocycles. The van der Waals surface area contributed by atoms with Crippen molar-refractivity contribution in [2.24, 2.45) is 34.0 Å². The standard InChI is InChI=1S/C54H81N13O15/c1-29(2)24-38(64-52(80)40(27-34-16-11-8-12-17-34)65-48(76)35(18-13-23-58-54(56)57)61-45(73)31(5)59-42(68)28-55)50(78)63-37(20-22-44(71)72)49(77)66-39(26-33-14-9-7-10-15-33)51(79)62-36(19-21-43(69)70)47(75)60-32(6)46(74)67-41(53(81)82)25-30(3)4/h7-12,14-17,29-32,35-41H,13,18-28,55H2,1-6H3,(H,59,68)(H,60,75)(H,61,73)(H,62,79)(H,63,78)(H,64,80)(H,65,76)(H,66,77)(H,67,74)(H,69,70)(H,71,72)(H,81,82)(H4,56,57,58)/t31-,32-,35-,36-,37-,38-,39-,40-,41-/m0/s1. The number of aliphatic imine (C=N–C) groups is 1. The second-order valence-corrected chi connectivity index (χ2v) is 20.4. The van der Waals surface area contributed by atoms with Crippen molar-refractivity contribution in [3.8, 4) is 0 Å². The van der Waals surface area contributed by atoms with Crippen molar-refractivity contribution < 1.29 is 72.9 Å².